The summed E-state index contributed by atoms with van der Waals surface area (Å²) in [4.78, 5) is 0. The normalized spacial score (nSPS) is 15.9. The van der Waals surface area contributed by atoms with E-state index in [0.717, 1.165) is 12.5 Å². The zero-order chi connectivity index (χ0) is 11.0. The fraction of sp³-hybridized carbons (Fsp3) is 1.00. The Bertz CT molecular complexity index is 129. The predicted octanol–water partition coefficient (Wildman–Crippen LogP) is 3.84. The van der Waals surface area contributed by atoms with E-state index >= 15 is 0 Å². The van der Waals surface area contributed by atoms with Crippen molar-refractivity contribution in [2.45, 2.75) is 60.3 Å². The van der Waals surface area contributed by atoms with E-state index in [-0.39, 0.29) is 0 Å². The first-order valence-corrected chi connectivity index (χ1v) is 6.35. The number of hydrogen-bond acceptors (Lipinski definition) is 1. The second-order valence-corrected chi connectivity index (χ2v) is 4.70. The molecule has 0 fully saturated rings. The first-order chi connectivity index (χ1) is 6.64. The van der Waals surface area contributed by atoms with Crippen molar-refractivity contribution in [2.24, 2.45) is 11.3 Å². The van der Waals surface area contributed by atoms with Crippen LogP contribution >= 0.6 is 0 Å². The molecule has 0 aliphatic heterocycles. The van der Waals surface area contributed by atoms with Crippen LogP contribution in [-0.4, -0.2) is 13.1 Å². The summed E-state index contributed by atoms with van der Waals surface area (Å²) in [5.41, 5.74) is 0.499. The van der Waals surface area contributed by atoms with Gasteiger partial charge in [-0.25, -0.2) is 0 Å². The molecule has 0 heterocycles. The number of hydrogen-bond donors (Lipinski definition) is 1. The van der Waals surface area contributed by atoms with E-state index < -0.39 is 0 Å². The Morgan fingerprint density at radius 3 is 2.00 bits per heavy atom. The minimum Gasteiger partial charge on any atom is -0.316 e. The Hall–Kier alpha value is -0.0400. The predicted molar refractivity (Wildman–Crippen MR) is 65.6 cm³/mol. The molecule has 0 bridgehead atoms. The Labute approximate surface area is 90.7 Å². The van der Waals surface area contributed by atoms with Crippen LogP contribution in [0, 0.1) is 11.3 Å². The quantitative estimate of drug-likeness (QED) is 0.586. The lowest BCUT2D eigenvalue weighted by atomic mass is 9.72. The van der Waals surface area contributed by atoms with Crippen LogP contribution in [0.1, 0.15) is 60.3 Å². The maximum atomic E-state index is 3.58. The Balaban J connectivity index is 4.14. The third-order valence-corrected chi connectivity index (χ3v) is 3.73. The topological polar surface area (TPSA) is 12.0 Å². The molecule has 1 heteroatoms. The molecule has 1 nitrogen and oxygen atoms in total. The third-order valence-electron chi connectivity index (χ3n) is 3.73. The number of rotatable bonds is 8. The van der Waals surface area contributed by atoms with Gasteiger partial charge in [-0.1, -0.05) is 47.5 Å². The lowest BCUT2D eigenvalue weighted by molar-refractivity contribution is 0.160. The average Bonchev–Trinajstić information content (AvgIpc) is 2.20. The molecule has 1 N–H and O–H groups in total. The molecule has 14 heavy (non-hydrogen) atoms. The summed E-state index contributed by atoms with van der Waals surface area (Å²) in [6, 6.07) is 0. The SMILES string of the molecule is CCCNCC(C)(CC)C(CC)CC. The van der Waals surface area contributed by atoms with Gasteiger partial charge in [-0.05, 0) is 30.7 Å². The van der Waals surface area contributed by atoms with Gasteiger partial charge in [0.05, 0.1) is 0 Å². The zero-order valence-corrected chi connectivity index (χ0v) is 10.8. The summed E-state index contributed by atoms with van der Waals surface area (Å²) < 4.78 is 0. The molecule has 0 amide bonds. The van der Waals surface area contributed by atoms with Gasteiger partial charge < -0.3 is 5.32 Å². The van der Waals surface area contributed by atoms with E-state index in [1.807, 2.05) is 0 Å². The molecular weight excluding hydrogens is 170 g/mol. The molecule has 86 valence electrons. The van der Waals surface area contributed by atoms with Crippen molar-refractivity contribution in [3.63, 3.8) is 0 Å². The van der Waals surface area contributed by atoms with Crippen LogP contribution in [0.15, 0.2) is 0 Å². The van der Waals surface area contributed by atoms with E-state index in [2.05, 4.69) is 39.9 Å². The van der Waals surface area contributed by atoms with Crippen LogP contribution in [0.4, 0.5) is 0 Å². The Morgan fingerprint density at radius 1 is 1.07 bits per heavy atom. The molecule has 0 aromatic heterocycles. The fourth-order valence-corrected chi connectivity index (χ4v) is 2.38. The zero-order valence-electron chi connectivity index (χ0n) is 10.8. The van der Waals surface area contributed by atoms with E-state index in [1.54, 1.807) is 0 Å². The van der Waals surface area contributed by atoms with E-state index in [0.29, 0.717) is 5.41 Å². The second-order valence-electron chi connectivity index (χ2n) is 4.70. The summed E-state index contributed by atoms with van der Waals surface area (Å²) in [6.45, 7) is 14.0. The second kappa shape index (κ2) is 7.28. The summed E-state index contributed by atoms with van der Waals surface area (Å²) in [5.74, 6) is 0.872. The van der Waals surface area contributed by atoms with Crippen molar-refractivity contribution in [3.8, 4) is 0 Å². The molecule has 0 aromatic rings. The summed E-state index contributed by atoms with van der Waals surface area (Å²) in [7, 11) is 0. The summed E-state index contributed by atoms with van der Waals surface area (Å²) in [5, 5.41) is 3.58. The monoisotopic (exact) mass is 199 g/mol. The van der Waals surface area contributed by atoms with Gasteiger partial charge in [-0.2, -0.15) is 0 Å². The van der Waals surface area contributed by atoms with Crippen LogP contribution in [0.25, 0.3) is 0 Å². The van der Waals surface area contributed by atoms with Crippen LogP contribution in [0.3, 0.4) is 0 Å². The molecule has 0 spiro atoms. The lowest BCUT2D eigenvalue weighted by Gasteiger charge is -2.36. The molecule has 0 radical (unpaired) electrons. The van der Waals surface area contributed by atoms with Crippen LogP contribution in [-0.2, 0) is 0 Å². The van der Waals surface area contributed by atoms with E-state index in [4.69, 9.17) is 0 Å². The minimum absolute atomic E-state index is 0.499. The first-order valence-electron chi connectivity index (χ1n) is 6.35. The lowest BCUT2D eigenvalue weighted by Crippen LogP contribution is -2.37. The fourth-order valence-electron chi connectivity index (χ4n) is 2.38. The Morgan fingerprint density at radius 2 is 1.64 bits per heavy atom. The average molecular weight is 199 g/mol. The van der Waals surface area contributed by atoms with Crippen molar-refractivity contribution in [1.82, 2.24) is 5.32 Å². The van der Waals surface area contributed by atoms with Gasteiger partial charge in [0.1, 0.15) is 0 Å². The standard InChI is InChI=1S/C13H29N/c1-6-10-14-11-13(5,9-4)12(7-2)8-3/h12,14H,6-11H2,1-5H3. The van der Waals surface area contributed by atoms with Gasteiger partial charge in [0, 0.05) is 6.54 Å². The molecule has 0 saturated carbocycles. The summed E-state index contributed by atoms with van der Waals surface area (Å²) >= 11 is 0. The smallest absolute Gasteiger partial charge is 0.000771 e. The van der Waals surface area contributed by atoms with Gasteiger partial charge >= 0.3 is 0 Å². The Kier molecular flexibility index (Phi) is 7.26. The molecule has 0 aromatic carbocycles. The van der Waals surface area contributed by atoms with E-state index in [1.165, 1.54) is 32.2 Å². The molecule has 0 aliphatic carbocycles. The van der Waals surface area contributed by atoms with Crippen molar-refractivity contribution < 1.29 is 0 Å². The van der Waals surface area contributed by atoms with Gasteiger partial charge in [-0.15, -0.1) is 0 Å². The maximum Gasteiger partial charge on any atom is 0.000771 e. The summed E-state index contributed by atoms with van der Waals surface area (Å²) in [6.07, 6.45) is 5.15. The molecular formula is C13H29N. The van der Waals surface area contributed by atoms with Crippen LogP contribution < -0.4 is 5.32 Å². The van der Waals surface area contributed by atoms with Crippen molar-refractivity contribution in [2.75, 3.05) is 13.1 Å². The van der Waals surface area contributed by atoms with Crippen molar-refractivity contribution >= 4 is 0 Å². The van der Waals surface area contributed by atoms with Crippen molar-refractivity contribution in [1.29, 1.82) is 0 Å². The molecule has 0 rings (SSSR count). The molecule has 0 aliphatic rings. The van der Waals surface area contributed by atoms with Gasteiger partial charge in [0.15, 0.2) is 0 Å². The molecule has 1 atom stereocenters. The van der Waals surface area contributed by atoms with Gasteiger partial charge in [-0.3, -0.25) is 0 Å². The highest BCUT2D eigenvalue weighted by molar-refractivity contribution is 4.82. The first kappa shape index (κ1) is 14.0. The molecule has 0 saturated heterocycles. The highest BCUT2D eigenvalue weighted by Crippen LogP contribution is 2.34. The molecule has 1 unspecified atom stereocenters. The van der Waals surface area contributed by atoms with Crippen LogP contribution in [0.5, 0.6) is 0 Å². The van der Waals surface area contributed by atoms with Gasteiger partial charge in [0.25, 0.3) is 0 Å². The maximum absolute atomic E-state index is 3.58. The largest absolute Gasteiger partial charge is 0.316 e. The third kappa shape index (κ3) is 4.00. The van der Waals surface area contributed by atoms with Gasteiger partial charge in [0.2, 0.25) is 0 Å². The van der Waals surface area contributed by atoms with E-state index in [9.17, 15) is 0 Å². The highest BCUT2D eigenvalue weighted by Gasteiger charge is 2.29. The van der Waals surface area contributed by atoms with Crippen molar-refractivity contribution in [3.05, 3.63) is 0 Å². The number of nitrogens with one attached hydrogen (secondary N) is 1. The van der Waals surface area contributed by atoms with Crippen LogP contribution in [0.2, 0.25) is 0 Å². The highest BCUT2D eigenvalue weighted by atomic mass is 14.9. The minimum atomic E-state index is 0.499.